The number of ether oxygens (including phenoxy) is 1. The van der Waals surface area contributed by atoms with Gasteiger partial charge in [0.2, 0.25) is 0 Å². The lowest BCUT2D eigenvalue weighted by molar-refractivity contribution is 0.312. The normalized spacial score (nSPS) is 10.9. The Labute approximate surface area is 143 Å². The molecule has 0 aliphatic heterocycles. The van der Waals surface area contributed by atoms with E-state index in [9.17, 15) is 4.79 Å². The first-order valence-corrected chi connectivity index (χ1v) is 8.44. The van der Waals surface area contributed by atoms with Crippen LogP contribution in [0.15, 0.2) is 62.2 Å². The maximum Gasteiger partial charge on any atom is 0.347 e. The zero-order valence-corrected chi connectivity index (χ0v) is 14.4. The van der Waals surface area contributed by atoms with Crippen LogP contribution in [0.1, 0.15) is 19.8 Å². The predicted octanol–water partition coefficient (Wildman–Crippen LogP) is 5.40. The third kappa shape index (κ3) is 3.32. The van der Waals surface area contributed by atoms with Crippen LogP contribution in [-0.2, 0) is 0 Å². The van der Waals surface area contributed by atoms with E-state index >= 15 is 0 Å². The summed E-state index contributed by atoms with van der Waals surface area (Å²) in [5, 5.41) is 0.800. The van der Waals surface area contributed by atoms with Crippen LogP contribution in [0, 0.1) is 0 Å². The van der Waals surface area contributed by atoms with Crippen molar-refractivity contribution < 1.29 is 9.15 Å². The molecule has 3 rings (SSSR count). The number of fused-ring (bicyclic) bond motifs is 1. The zero-order chi connectivity index (χ0) is 16.2. The molecule has 2 aromatic carbocycles. The highest BCUT2D eigenvalue weighted by atomic mass is 79.9. The Kier molecular flexibility index (Phi) is 4.82. The molecule has 23 heavy (non-hydrogen) atoms. The van der Waals surface area contributed by atoms with Gasteiger partial charge in [-0.15, -0.1) is 0 Å². The number of hydrogen-bond acceptors (Lipinski definition) is 3. The van der Waals surface area contributed by atoms with Crippen LogP contribution in [-0.4, -0.2) is 6.61 Å². The molecule has 0 aliphatic carbocycles. The number of halogens is 1. The van der Waals surface area contributed by atoms with Crippen molar-refractivity contribution in [1.29, 1.82) is 0 Å². The van der Waals surface area contributed by atoms with Gasteiger partial charge >= 0.3 is 5.63 Å². The van der Waals surface area contributed by atoms with Crippen molar-refractivity contribution in [2.75, 3.05) is 6.61 Å². The quantitative estimate of drug-likeness (QED) is 0.444. The Bertz CT molecular complexity index is 869. The van der Waals surface area contributed by atoms with Crippen LogP contribution in [0.3, 0.4) is 0 Å². The average molecular weight is 373 g/mol. The van der Waals surface area contributed by atoms with Gasteiger partial charge in [0.05, 0.1) is 12.0 Å². The Balaban J connectivity index is 2.26. The summed E-state index contributed by atoms with van der Waals surface area (Å²) in [6, 6.07) is 15.1. The first-order chi connectivity index (χ1) is 11.2. The largest absolute Gasteiger partial charge is 0.492 e. The molecule has 0 spiro atoms. The van der Waals surface area contributed by atoms with E-state index in [4.69, 9.17) is 9.15 Å². The second-order valence-electron chi connectivity index (χ2n) is 5.30. The molecule has 0 fully saturated rings. The first-order valence-electron chi connectivity index (χ1n) is 7.65. The SMILES string of the molecule is CCCCOc1c(-c2ccccc2)c(=O)oc2ccc(Br)cc12. The fourth-order valence-electron chi connectivity index (χ4n) is 2.47. The summed E-state index contributed by atoms with van der Waals surface area (Å²) >= 11 is 3.47. The van der Waals surface area contributed by atoms with Gasteiger partial charge < -0.3 is 9.15 Å². The fraction of sp³-hybridized carbons (Fsp3) is 0.211. The van der Waals surface area contributed by atoms with Crippen molar-refractivity contribution in [2.24, 2.45) is 0 Å². The van der Waals surface area contributed by atoms with Crippen LogP contribution in [0.5, 0.6) is 5.75 Å². The molecule has 0 bridgehead atoms. The molecule has 3 aromatic rings. The molecule has 0 unspecified atom stereocenters. The molecule has 0 radical (unpaired) electrons. The Morgan fingerprint density at radius 2 is 1.91 bits per heavy atom. The summed E-state index contributed by atoms with van der Waals surface area (Å²) in [7, 11) is 0. The minimum Gasteiger partial charge on any atom is -0.492 e. The van der Waals surface area contributed by atoms with E-state index in [0.29, 0.717) is 23.5 Å². The third-order valence-electron chi connectivity index (χ3n) is 3.63. The molecule has 0 saturated carbocycles. The van der Waals surface area contributed by atoms with Gasteiger partial charge in [0, 0.05) is 4.47 Å². The highest BCUT2D eigenvalue weighted by Crippen LogP contribution is 2.35. The maximum atomic E-state index is 12.5. The predicted molar refractivity (Wildman–Crippen MR) is 96.0 cm³/mol. The van der Waals surface area contributed by atoms with Crippen LogP contribution >= 0.6 is 15.9 Å². The standard InChI is InChI=1S/C19H17BrO3/c1-2-3-11-22-18-15-12-14(20)9-10-16(15)23-19(21)17(18)13-7-5-4-6-8-13/h4-10,12H,2-3,11H2,1H3. The van der Waals surface area contributed by atoms with Gasteiger partial charge in [-0.3, -0.25) is 0 Å². The van der Waals surface area contributed by atoms with Crippen molar-refractivity contribution in [2.45, 2.75) is 19.8 Å². The molecule has 118 valence electrons. The second kappa shape index (κ2) is 7.01. The second-order valence-corrected chi connectivity index (χ2v) is 6.22. The first kappa shape index (κ1) is 15.8. The minimum atomic E-state index is -0.377. The molecule has 3 nitrogen and oxygen atoms in total. The molecule has 1 heterocycles. The Morgan fingerprint density at radius 3 is 2.65 bits per heavy atom. The molecule has 0 amide bonds. The molecular weight excluding hydrogens is 356 g/mol. The van der Waals surface area contributed by atoms with Gasteiger partial charge in [-0.1, -0.05) is 59.6 Å². The topological polar surface area (TPSA) is 39.4 Å². The summed E-state index contributed by atoms with van der Waals surface area (Å²) in [6.45, 7) is 2.68. The van der Waals surface area contributed by atoms with Crippen molar-refractivity contribution in [3.63, 3.8) is 0 Å². The van der Waals surface area contributed by atoms with Crippen molar-refractivity contribution >= 4 is 26.9 Å². The summed E-state index contributed by atoms with van der Waals surface area (Å²) in [5.41, 5.74) is 1.43. The van der Waals surface area contributed by atoms with E-state index in [1.54, 1.807) is 6.07 Å². The monoisotopic (exact) mass is 372 g/mol. The summed E-state index contributed by atoms with van der Waals surface area (Å²) < 4.78 is 12.4. The van der Waals surface area contributed by atoms with Crippen molar-refractivity contribution in [3.8, 4) is 16.9 Å². The van der Waals surface area contributed by atoms with Gasteiger partial charge in [-0.25, -0.2) is 4.79 Å². The number of rotatable bonds is 5. The molecule has 0 aliphatic rings. The van der Waals surface area contributed by atoms with Crippen LogP contribution in [0.25, 0.3) is 22.1 Å². The van der Waals surface area contributed by atoms with Crippen molar-refractivity contribution in [1.82, 2.24) is 0 Å². The number of unbranched alkanes of at least 4 members (excludes halogenated alkanes) is 1. The van der Waals surface area contributed by atoms with Crippen molar-refractivity contribution in [3.05, 3.63) is 63.4 Å². The van der Waals surface area contributed by atoms with E-state index in [-0.39, 0.29) is 5.63 Å². The van der Waals surface area contributed by atoms with Crippen LogP contribution in [0.4, 0.5) is 0 Å². The lowest BCUT2D eigenvalue weighted by atomic mass is 10.0. The molecule has 0 atom stereocenters. The third-order valence-corrected chi connectivity index (χ3v) is 4.12. The molecule has 0 N–H and O–H groups in total. The van der Waals surface area contributed by atoms with Gasteiger partial charge in [0.1, 0.15) is 16.9 Å². The van der Waals surface area contributed by atoms with Crippen LogP contribution < -0.4 is 10.4 Å². The van der Waals surface area contributed by atoms with Gasteiger partial charge in [-0.05, 0) is 30.2 Å². The fourth-order valence-corrected chi connectivity index (χ4v) is 2.83. The van der Waals surface area contributed by atoms with E-state index < -0.39 is 0 Å². The summed E-state index contributed by atoms with van der Waals surface area (Å²) in [6.07, 6.45) is 1.97. The summed E-state index contributed by atoms with van der Waals surface area (Å²) in [5.74, 6) is 0.595. The maximum absolute atomic E-state index is 12.5. The highest BCUT2D eigenvalue weighted by Gasteiger charge is 2.18. The molecule has 4 heteroatoms. The molecule has 1 aromatic heterocycles. The van der Waals surface area contributed by atoms with E-state index in [1.165, 1.54) is 0 Å². The van der Waals surface area contributed by atoms with E-state index in [1.807, 2.05) is 42.5 Å². The smallest absolute Gasteiger partial charge is 0.347 e. The average Bonchev–Trinajstić information content (AvgIpc) is 2.56. The minimum absolute atomic E-state index is 0.377. The van der Waals surface area contributed by atoms with Gasteiger partial charge in [0.15, 0.2) is 0 Å². The van der Waals surface area contributed by atoms with E-state index in [0.717, 1.165) is 28.3 Å². The molecule has 0 saturated heterocycles. The highest BCUT2D eigenvalue weighted by molar-refractivity contribution is 9.10. The number of hydrogen-bond donors (Lipinski definition) is 0. The van der Waals surface area contributed by atoms with Gasteiger partial charge in [-0.2, -0.15) is 0 Å². The Hall–Kier alpha value is -2.07. The Morgan fingerprint density at radius 1 is 1.13 bits per heavy atom. The summed E-state index contributed by atoms with van der Waals surface area (Å²) in [4.78, 5) is 12.5. The number of benzene rings is 2. The zero-order valence-electron chi connectivity index (χ0n) is 12.8. The van der Waals surface area contributed by atoms with Gasteiger partial charge in [0.25, 0.3) is 0 Å². The lowest BCUT2D eigenvalue weighted by Gasteiger charge is -2.13. The van der Waals surface area contributed by atoms with Crippen LogP contribution in [0.2, 0.25) is 0 Å². The lowest BCUT2D eigenvalue weighted by Crippen LogP contribution is -2.08. The molecular formula is C19H17BrO3. The van der Waals surface area contributed by atoms with E-state index in [2.05, 4.69) is 22.9 Å².